The zero-order valence-electron chi connectivity index (χ0n) is 18.9. The van der Waals surface area contributed by atoms with E-state index in [1.807, 2.05) is 12.1 Å². The third kappa shape index (κ3) is 4.27. The second-order valence-corrected chi connectivity index (χ2v) is 8.62. The minimum absolute atomic E-state index is 0.0584. The van der Waals surface area contributed by atoms with Gasteiger partial charge < -0.3 is 25.2 Å². The highest BCUT2D eigenvalue weighted by atomic mass is 16.5. The summed E-state index contributed by atoms with van der Waals surface area (Å²) in [6, 6.07) is 9.25. The van der Waals surface area contributed by atoms with E-state index in [1.165, 1.54) is 9.80 Å². The first kappa shape index (κ1) is 22.4. The van der Waals surface area contributed by atoms with Crippen molar-refractivity contribution in [2.45, 2.75) is 32.0 Å². The van der Waals surface area contributed by atoms with Crippen LogP contribution in [0.3, 0.4) is 0 Å². The second-order valence-electron chi connectivity index (χ2n) is 8.62. The Morgan fingerprint density at radius 2 is 1.97 bits per heavy atom. The number of benzene rings is 2. The predicted octanol–water partition coefficient (Wildman–Crippen LogP) is 1.12. The number of urea groups is 1. The molecule has 0 bridgehead atoms. The minimum atomic E-state index is -0.668. The summed E-state index contributed by atoms with van der Waals surface area (Å²) < 4.78 is 5.43. The summed E-state index contributed by atoms with van der Waals surface area (Å²) in [4.78, 5) is 63.7. The van der Waals surface area contributed by atoms with E-state index in [9.17, 15) is 24.0 Å². The second kappa shape index (κ2) is 8.75. The lowest BCUT2D eigenvalue weighted by molar-refractivity contribution is -0.137. The number of piperidine rings is 1. The van der Waals surface area contributed by atoms with Crippen LogP contribution < -0.4 is 25.6 Å². The van der Waals surface area contributed by atoms with Gasteiger partial charge in [-0.15, -0.1) is 0 Å². The standard InChI is InChI=1S/C24H23N5O6/c1-28-17-5-4-15(9-19(17)35-12-21(28)31)26-24(34)25-10-13-2-3-14-11-29(23(33)16(14)8-13)18-6-7-20(30)27-22(18)32/h2-5,8-9,18H,6-7,10-12H2,1H3,(H2,25,26,34)(H,27,30,32). The van der Waals surface area contributed by atoms with E-state index in [0.717, 1.165) is 11.1 Å². The first-order valence-corrected chi connectivity index (χ1v) is 11.1. The van der Waals surface area contributed by atoms with Crippen LogP contribution in [0.15, 0.2) is 36.4 Å². The monoisotopic (exact) mass is 477 g/mol. The quantitative estimate of drug-likeness (QED) is 0.565. The number of likely N-dealkylation sites (N-methyl/N-ethyl adjacent to an activating group) is 1. The van der Waals surface area contributed by atoms with Crippen molar-refractivity contribution in [3.05, 3.63) is 53.1 Å². The van der Waals surface area contributed by atoms with Gasteiger partial charge in [0, 0.05) is 43.9 Å². The minimum Gasteiger partial charge on any atom is -0.481 e. The number of ether oxygens (including phenoxy) is 1. The Hall–Kier alpha value is -4.41. The molecule has 2 aromatic carbocycles. The van der Waals surface area contributed by atoms with Crippen LogP contribution >= 0.6 is 0 Å². The summed E-state index contributed by atoms with van der Waals surface area (Å²) in [5, 5.41) is 7.77. The molecule has 1 saturated heterocycles. The number of rotatable bonds is 4. The first-order valence-electron chi connectivity index (χ1n) is 11.1. The van der Waals surface area contributed by atoms with Crippen LogP contribution in [-0.4, -0.2) is 54.3 Å². The number of imide groups is 1. The third-order valence-corrected chi connectivity index (χ3v) is 6.35. The van der Waals surface area contributed by atoms with Crippen LogP contribution in [0.25, 0.3) is 0 Å². The Bertz CT molecular complexity index is 1280. The maximum Gasteiger partial charge on any atom is 0.319 e. The molecule has 1 unspecified atom stereocenters. The summed E-state index contributed by atoms with van der Waals surface area (Å²) in [5.41, 5.74) is 3.14. The number of fused-ring (bicyclic) bond motifs is 2. The Balaban J connectivity index is 1.20. The number of nitrogens with zero attached hydrogens (tertiary/aromatic N) is 2. The van der Waals surface area contributed by atoms with Crippen LogP contribution in [0.5, 0.6) is 5.75 Å². The lowest BCUT2D eigenvalue weighted by atomic mass is 10.0. The highest BCUT2D eigenvalue weighted by molar-refractivity contribution is 6.05. The third-order valence-electron chi connectivity index (χ3n) is 6.35. The van der Waals surface area contributed by atoms with Crippen molar-refractivity contribution in [2.24, 2.45) is 0 Å². The number of carbonyl (C=O) groups is 5. The molecule has 2 aromatic rings. The van der Waals surface area contributed by atoms with Gasteiger partial charge in [0.2, 0.25) is 11.8 Å². The van der Waals surface area contributed by atoms with Crippen molar-refractivity contribution in [1.82, 2.24) is 15.5 Å². The van der Waals surface area contributed by atoms with Crippen molar-refractivity contribution in [1.29, 1.82) is 0 Å². The number of hydrogen-bond donors (Lipinski definition) is 3. The first-order chi connectivity index (χ1) is 16.8. The molecule has 3 aliphatic heterocycles. The van der Waals surface area contributed by atoms with E-state index < -0.39 is 18.0 Å². The van der Waals surface area contributed by atoms with Crippen LogP contribution in [-0.2, 0) is 27.5 Å². The molecule has 0 radical (unpaired) electrons. The van der Waals surface area contributed by atoms with Gasteiger partial charge >= 0.3 is 6.03 Å². The van der Waals surface area contributed by atoms with Gasteiger partial charge in [-0.25, -0.2) is 4.79 Å². The van der Waals surface area contributed by atoms with Crippen LogP contribution in [0.4, 0.5) is 16.2 Å². The van der Waals surface area contributed by atoms with Crippen molar-refractivity contribution >= 4 is 41.0 Å². The Kier molecular flexibility index (Phi) is 5.59. The molecule has 6 amide bonds. The zero-order valence-corrected chi connectivity index (χ0v) is 18.9. The van der Waals surface area contributed by atoms with Gasteiger partial charge in [0.15, 0.2) is 6.61 Å². The zero-order chi connectivity index (χ0) is 24.7. The van der Waals surface area contributed by atoms with Gasteiger partial charge in [0.05, 0.1) is 5.69 Å². The fourth-order valence-corrected chi connectivity index (χ4v) is 4.42. The van der Waals surface area contributed by atoms with Gasteiger partial charge in [-0.1, -0.05) is 12.1 Å². The van der Waals surface area contributed by atoms with Gasteiger partial charge in [0.25, 0.3) is 11.8 Å². The Morgan fingerprint density at radius 1 is 1.14 bits per heavy atom. The molecule has 3 N–H and O–H groups in total. The fraction of sp³-hybridized carbons (Fsp3) is 0.292. The summed E-state index contributed by atoms with van der Waals surface area (Å²) in [6.45, 7) is 0.427. The molecule has 0 aliphatic carbocycles. The number of anilines is 2. The molecule has 180 valence electrons. The highest BCUT2D eigenvalue weighted by Crippen LogP contribution is 2.33. The lowest BCUT2D eigenvalue weighted by Gasteiger charge is -2.29. The topological polar surface area (TPSA) is 137 Å². The summed E-state index contributed by atoms with van der Waals surface area (Å²) in [5.74, 6) is -0.691. The van der Waals surface area contributed by atoms with Crippen LogP contribution in [0.2, 0.25) is 0 Å². The van der Waals surface area contributed by atoms with E-state index in [-0.39, 0.29) is 37.3 Å². The molecule has 3 aliphatic rings. The van der Waals surface area contributed by atoms with E-state index in [4.69, 9.17) is 4.74 Å². The molecular formula is C24H23N5O6. The van der Waals surface area contributed by atoms with Crippen LogP contribution in [0.1, 0.15) is 34.3 Å². The number of nitrogens with one attached hydrogen (secondary N) is 3. The molecule has 35 heavy (non-hydrogen) atoms. The SMILES string of the molecule is CN1C(=O)COc2cc(NC(=O)NCc3ccc4c(c3)C(=O)N(C3CCC(=O)NC3=O)C4)ccc21. The summed E-state index contributed by atoms with van der Waals surface area (Å²) in [6.07, 6.45) is 0.505. The molecule has 5 rings (SSSR count). The lowest BCUT2D eigenvalue weighted by Crippen LogP contribution is -2.52. The van der Waals surface area contributed by atoms with E-state index in [1.54, 1.807) is 31.3 Å². The average molecular weight is 477 g/mol. The average Bonchev–Trinajstić information content (AvgIpc) is 3.16. The molecule has 0 spiro atoms. The largest absolute Gasteiger partial charge is 0.481 e. The normalized spacial score (nSPS) is 19.1. The number of hydrogen-bond acceptors (Lipinski definition) is 6. The van der Waals surface area contributed by atoms with Gasteiger partial charge in [-0.05, 0) is 35.7 Å². The summed E-state index contributed by atoms with van der Waals surface area (Å²) >= 11 is 0. The maximum atomic E-state index is 12.9. The van der Waals surface area contributed by atoms with Crippen molar-refractivity contribution < 1.29 is 28.7 Å². The predicted molar refractivity (Wildman–Crippen MR) is 124 cm³/mol. The molecular weight excluding hydrogens is 454 g/mol. The van der Waals surface area contributed by atoms with Crippen LogP contribution in [0, 0.1) is 0 Å². The van der Waals surface area contributed by atoms with E-state index >= 15 is 0 Å². The molecule has 3 heterocycles. The van der Waals surface area contributed by atoms with E-state index in [0.29, 0.717) is 35.7 Å². The van der Waals surface area contributed by atoms with Crippen molar-refractivity contribution in [3.63, 3.8) is 0 Å². The maximum absolute atomic E-state index is 12.9. The molecule has 0 aromatic heterocycles. The summed E-state index contributed by atoms with van der Waals surface area (Å²) in [7, 11) is 1.66. The van der Waals surface area contributed by atoms with Crippen molar-refractivity contribution in [3.8, 4) is 5.75 Å². The van der Waals surface area contributed by atoms with E-state index in [2.05, 4.69) is 16.0 Å². The highest BCUT2D eigenvalue weighted by Gasteiger charge is 2.39. The molecule has 1 atom stereocenters. The molecule has 11 heteroatoms. The molecule has 1 fully saturated rings. The van der Waals surface area contributed by atoms with Gasteiger partial charge in [0.1, 0.15) is 11.8 Å². The molecule has 0 saturated carbocycles. The fourth-order valence-electron chi connectivity index (χ4n) is 4.42. The number of carbonyl (C=O) groups excluding carboxylic acids is 5. The van der Waals surface area contributed by atoms with Crippen molar-refractivity contribution in [2.75, 3.05) is 23.9 Å². The van der Waals surface area contributed by atoms with Gasteiger partial charge in [-0.3, -0.25) is 24.5 Å². The smallest absolute Gasteiger partial charge is 0.319 e. The Morgan fingerprint density at radius 3 is 2.77 bits per heavy atom. The molecule has 11 nitrogen and oxygen atoms in total. The Labute approximate surface area is 200 Å². The number of amides is 6. The van der Waals surface area contributed by atoms with Gasteiger partial charge in [-0.2, -0.15) is 0 Å².